The van der Waals surface area contributed by atoms with Crippen molar-refractivity contribution in [1.82, 2.24) is 5.32 Å². The maximum absolute atomic E-state index is 15.3. The minimum atomic E-state index is -2.68. The van der Waals surface area contributed by atoms with E-state index in [1.54, 1.807) is 24.3 Å². The predicted octanol–water partition coefficient (Wildman–Crippen LogP) is 3.17. The van der Waals surface area contributed by atoms with Gasteiger partial charge in [0, 0.05) is 32.2 Å². The molecule has 1 aliphatic rings. The zero-order valence-corrected chi connectivity index (χ0v) is 19.0. The van der Waals surface area contributed by atoms with Gasteiger partial charge in [0.1, 0.15) is 23.0 Å². The van der Waals surface area contributed by atoms with Crippen molar-refractivity contribution in [2.75, 3.05) is 13.2 Å². The number of hydrogen-bond acceptors (Lipinski definition) is 6. The average Bonchev–Trinajstić information content (AvgIpc) is 3.32. The molecule has 0 aromatic heterocycles. The van der Waals surface area contributed by atoms with Gasteiger partial charge in [-0.05, 0) is 43.0 Å². The molecule has 1 saturated heterocycles. The number of rotatable bonds is 9. The molecule has 0 bridgehead atoms. The van der Waals surface area contributed by atoms with Crippen LogP contribution in [0, 0.1) is 17.0 Å². The second-order valence-electron chi connectivity index (χ2n) is 7.80. The van der Waals surface area contributed by atoms with Crippen LogP contribution in [0.5, 0.6) is 0 Å². The van der Waals surface area contributed by atoms with E-state index in [9.17, 15) is 9.59 Å². The highest BCUT2D eigenvalue weighted by Crippen LogP contribution is 2.37. The Kier molecular flexibility index (Phi) is 7.95. The third kappa shape index (κ3) is 5.40. The number of benzene rings is 2. The van der Waals surface area contributed by atoms with Crippen LogP contribution in [0.3, 0.4) is 0 Å². The van der Waals surface area contributed by atoms with Crippen molar-refractivity contribution in [3.63, 3.8) is 0 Å². The van der Waals surface area contributed by atoms with Gasteiger partial charge in [-0.1, -0.05) is 24.3 Å². The molecule has 2 aromatic rings. The Hall–Kier alpha value is -3.37. The highest BCUT2D eigenvalue weighted by molar-refractivity contribution is 5.94. The SMILES string of the molecule is CCOC(OC(C)=O)(C(=O)NCc1ccc(C(=N)N)cc1)c1c(F)cc(C2CCCO2)cc1F. The topological polar surface area (TPSA) is 124 Å². The Balaban J connectivity index is 1.96. The summed E-state index contributed by atoms with van der Waals surface area (Å²) in [7, 11) is 0. The third-order valence-corrected chi connectivity index (χ3v) is 5.35. The van der Waals surface area contributed by atoms with Crippen LogP contribution in [0.2, 0.25) is 0 Å². The molecule has 0 aliphatic carbocycles. The van der Waals surface area contributed by atoms with Gasteiger partial charge < -0.3 is 25.3 Å². The maximum atomic E-state index is 15.3. The van der Waals surface area contributed by atoms with E-state index in [2.05, 4.69) is 5.32 Å². The summed E-state index contributed by atoms with van der Waals surface area (Å²) < 4.78 is 46.7. The summed E-state index contributed by atoms with van der Waals surface area (Å²) in [4.78, 5) is 25.2. The monoisotopic (exact) mass is 475 g/mol. The zero-order chi connectivity index (χ0) is 24.9. The second kappa shape index (κ2) is 10.7. The molecule has 1 aliphatic heterocycles. The number of amides is 1. The largest absolute Gasteiger partial charge is 0.419 e. The molecule has 3 rings (SSSR count). The molecule has 2 aromatic carbocycles. The van der Waals surface area contributed by atoms with Crippen LogP contribution < -0.4 is 11.1 Å². The van der Waals surface area contributed by atoms with Gasteiger partial charge in [0.15, 0.2) is 0 Å². The van der Waals surface area contributed by atoms with E-state index < -0.39 is 41.0 Å². The van der Waals surface area contributed by atoms with Gasteiger partial charge in [-0.25, -0.2) is 8.78 Å². The van der Waals surface area contributed by atoms with Crippen molar-refractivity contribution < 1.29 is 32.6 Å². The van der Waals surface area contributed by atoms with Crippen molar-refractivity contribution in [3.8, 4) is 0 Å². The number of carbonyl (C=O) groups excluding carboxylic acids is 2. The molecule has 0 radical (unpaired) electrons. The van der Waals surface area contributed by atoms with Crippen LogP contribution in [-0.4, -0.2) is 30.9 Å². The Morgan fingerprint density at radius 3 is 2.38 bits per heavy atom. The van der Waals surface area contributed by atoms with Gasteiger partial charge in [0.25, 0.3) is 5.91 Å². The van der Waals surface area contributed by atoms with Gasteiger partial charge >= 0.3 is 11.8 Å². The number of ether oxygens (including phenoxy) is 3. The predicted molar refractivity (Wildman–Crippen MR) is 119 cm³/mol. The highest BCUT2D eigenvalue weighted by Gasteiger charge is 2.49. The van der Waals surface area contributed by atoms with Gasteiger partial charge in [0.05, 0.1) is 6.10 Å². The first-order chi connectivity index (χ1) is 16.2. The Morgan fingerprint density at radius 2 is 1.88 bits per heavy atom. The Morgan fingerprint density at radius 1 is 1.24 bits per heavy atom. The fraction of sp³-hybridized carbons (Fsp3) is 0.375. The fourth-order valence-electron chi connectivity index (χ4n) is 3.82. The molecule has 2 unspecified atom stereocenters. The van der Waals surface area contributed by atoms with Crippen LogP contribution >= 0.6 is 0 Å². The van der Waals surface area contributed by atoms with Crippen molar-refractivity contribution in [1.29, 1.82) is 5.41 Å². The van der Waals surface area contributed by atoms with Crippen LogP contribution in [0.4, 0.5) is 8.78 Å². The number of nitrogens with one attached hydrogen (secondary N) is 2. The molecular formula is C24H27F2N3O5. The Bertz CT molecular complexity index is 1050. The molecule has 1 amide bonds. The summed E-state index contributed by atoms with van der Waals surface area (Å²) in [6, 6.07) is 8.58. The Labute approximate surface area is 195 Å². The quantitative estimate of drug-likeness (QED) is 0.222. The molecule has 10 heteroatoms. The number of nitrogen functional groups attached to an aromatic ring is 1. The second-order valence-corrected chi connectivity index (χ2v) is 7.80. The molecule has 4 N–H and O–H groups in total. The zero-order valence-electron chi connectivity index (χ0n) is 19.0. The number of hydrogen-bond donors (Lipinski definition) is 3. The number of nitrogens with two attached hydrogens (primary N) is 1. The van der Waals surface area contributed by atoms with Gasteiger partial charge in [-0.15, -0.1) is 0 Å². The molecule has 34 heavy (non-hydrogen) atoms. The number of amidine groups is 1. The molecule has 2 atom stereocenters. The summed E-state index contributed by atoms with van der Waals surface area (Å²) in [6.07, 6.45) is 0.920. The average molecular weight is 475 g/mol. The first kappa shape index (κ1) is 25.3. The third-order valence-electron chi connectivity index (χ3n) is 5.35. The molecule has 0 spiro atoms. The lowest BCUT2D eigenvalue weighted by atomic mass is 9.97. The summed E-state index contributed by atoms with van der Waals surface area (Å²) >= 11 is 0. The summed E-state index contributed by atoms with van der Waals surface area (Å²) in [5.41, 5.74) is 6.01. The van der Waals surface area contributed by atoms with E-state index in [0.717, 1.165) is 25.5 Å². The molecule has 182 valence electrons. The summed E-state index contributed by atoms with van der Waals surface area (Å²) in [5, 5.41) is 9.96. The maximum Gasteiger partial charge on any atom is 0.326 e. The van der Waals surface area contributed by atoms with Crippen molar-refractivity contribution in [2.24, 2.45) is 5.73 Å². The van der Waals surface area contributed by atoms with E-state index in [1.807, 2.05) is 0 Å². The fourth-order valence-corrected chi connectivity index (χ4v) is 3.82. The molecule has 1 heterocycles. The number of carbonyl (C=O) groups is 2. The molecule has 0 saturated carbocycles. The normalized spacial score (nSPS) is 17.1. The van der Waals surface area contributed by atoms with E-state index >= 15 is 8.78 Å². The lowest BCUT2D eigenvalue weighted by molar-refractivity contribution is -0.233. The first-order valence-electron chi connectivity index (χ1n) is 10.8. The summed E-state index contributed by atoms with van der Waals surface area (Å²) in [5.74, 6) is -7.00. The summed E-state index contributed by atoms with van der Waals surface area (Å²) in [6.45, 7) is 2.76. The van der Waals surface area contributed by atoms with Crippen LogP contribution in [0.1, 0.15) is 55.0 Å². The minimum absolute atomic E-state index is 0.0651. The van der Waals surface area contributed by atoms with E-state index in [-0.39, 0.29) is 24.6 Å². The van der Waals surface area contributed by atoms with Crippen LogP contribution in [-0.2, 0) is 36.1 Å². The highest BCUT2D eigenvalue weighted by atomic mass is 19.1. The molecule has 8 nitrogen and oxygen atoms in total. The number of halogens is 2. The van der Waals surface area contributed by atoms with Crippen LogP contribution in [0.15, 0.2) is 36.4 Å². The lowest BCUT2D eigenvalue weighted by Crippen LogP contribution is -2.50. The van der Waals surface area contributed by atoms with Crippen molar-refractivity contribution in [2.45, 2.75) is 45.1 Å². The molecule has 1 fully saturated rings. The smallest absolute Gasteiger partial charge is 0.326 e. The molecular weight excluding hydrogens is 448 g/mol. The van der Waals surface area contributed by atoms with Crippen molar-refractivity contribution >= 4 is 17.7 Å². The van der Waals surface area contributed by atoms with Gasteiger partial charge in [0.2, 0.25) is 0 Å². The lowest BCUT2D eigenvalue weighted by Gasteiger charge is -2.32. The minimum Gasteiger partial charge on any atom is -0.419 e. The van der Waals surface area contributed by atoms with E-state index in [1.165, 1.54) is 6.92 Å². The van der Waals surface area contributed by atoms with Crippen LogP contribution in [0.25, 0.3) is 0 Å². The van der Waals surface area contributed by atoms with Gasteiger partial charge in [-0.2, -0.15) is 0 Å². The van der Waals surface area contributed by atoms with Crippen molar-refractivity contribution in [3.05, 3.63) is 70.3 Å². The first-order valence-corrected chi connectivity index (χ1v) is 10.8. The van der Waals surface area contributed by atoms with Gasteiger partial charge in [-0.3, -0.25) is 15.0 Å². The number of esters is 1. The van der Waals surface area contributed by atoms with E-state index in [0.29, 0.717) is 24.2 Å². The van der Waals surface area contributed by atoms with E-state index in [4.69, 9.17) is 25.4 Å². The standard InChI is InChI=1S/C24H27F2N3O5/c1-3-33-24(34-14(2)30,23(31)29-13-15-6-8-16(9-7-15)22(27)28)21-18(25)11-17(12-19(21)26)20-5-4-10-32-20/h6-9,11-12,20H,3-5,10,13H2,1-2H3,(H3,27,28)(H,29,31).